The molecular formula is C21H26FN3O4S. The average molecular weight is 436 g/mol. The molecule has 1 aliphatic heterocycles. The summed E-state index contributed by atoms with van der Waals surface area (Å²) in [7, 11) is -2.11. The molecule has 1 fully saturated rings. The van der Waals surface area contributed by atoms with Crippen molar-refractivity contribution in [2.75, 3.05) is 33.4 Å². The van der Waals surface area contributed by atoms with Gasteiger partial charge in [0, 0.05) is 38.9 Å². The van der Waals surface area contributed by atoms with Gasteiger partial charge in [0.25, 0.3) is 0 Å². The summed E-state index contributed by atoms with van der Waals surface area (Å²) in [6.07, 6.45) is 2.56. The van der Waals surface area contributed by atoms with Crippen molar-refractivity contribution in [2.45, 2.75) is 24.3 Å². The van der Waals surface area contributed by atoms with E-state index in [-0.39, 0.29) is 29.8 Å². The third-order valence-electron chi connectivity index (χ3n) is 5.21. The van der Waals surface area contributed by atoms with E-state index in [2.05, 4.69) is 4.98 Å². The van der Waals surface area contributed by atoms with E-state index >= 15 is 0 Å². The smallest absolute Gasteiger partial charge is 0.243 e. The summed E-state index contributed by atoms with van der Waals surface area (Å²) in [5.74, 6) is -0.760. The number of halogens is 1. The van der Waals surface area contributed by atoms with E-state index in [4.69, 9.17) is 4.74 Å². The van der Waals surface area contributed by atoms with Gasteiger partial charge in [0.15, 0.2) is 0 Å². The zero-order valence-electron chi connectivity index (χ0n) is 16.9. The van der Waals surface area contributed by atoms with E-state index in [1.54, 1.807) is 18.2 Å². The van der Waals surface area contributed by atoms with Crippen molar-refractivity contribution in [1.29, 1.82) is 0 Å². The van der Waals surface area contributed by atoms with E-state index in [9.17, 15) is 17.6 Å². The molecule has 0 radical (unpaired) electrons. The molecule has 1 aliphatic rings. The monoisotopic (exact) mass is 435 g/mol. The van der Waals surface area contributed by atoms with Gasteiger partial charge < -0.3 is 9.64 Å². The number of rotatable bonds is 8. The Labute approximate surface area is 176 Å². The molecular weight excluding hydrogens is 409 g/mol. The van der Waals surface area contributed by atoms with Crippen LogP contribution in [-0.4, -0.2) is 61.9 Å². The molecule has 3 rings (SSSR count). The van der Waals surface area contributed by atoms with Crippen LogP contribution in [0.15, 0.2) is 53.6 Å². The molecule has 30 heavy (non-hydrogen) atoms. The molecule has 0 saturated carbocycles. The number of hydrogen-bond donors (Lipinski definition) is 0. The highest BCUT2D eigenvalue weighted by Gasteiger charge is 2.33. The van der Waals surface area contributed by atoms with Crippen molar-refractivity contribution >= 4 is 15.9 Å². The SMILES string of the molecule is COCCN(Cc1ccccn1)C(=O)C1CCN(S(=O)(=O)c2ccc(F)cc2)CC1. The Kier molecular flexibility index (Phi) is 7.52. The van der Waals surface area contributed by atoms with Crippen LogP contribution in [0.1, 0.15) is 18.5 Å². The fraction of sp³-hybridized carbons (Fsp3) is 0.429. The van der Waals surface area contributed by atoms with Crippen LogP contribution >= 0.6 is 0 Å². The van der Waals surface area contributed by atoms with Crippen molar-refractivity contribution in [3.8, 4) is 0 Å². The predicted molar refractivity (Wildman–Crippen MR) is 109 cm³/mol. The van der Waals surface area contributed by atoms with Crippen LogP contribution in [0.25, 0.3) is 0 Å². The van der Waals surface area contributed by atoms with Gasteiger partial charge in [-0.3, -0.25) is 9.78 Å². The summed E-state index contributed by atoms with van der Waals surface area (Å²) < 4.78 is 45.2. The van der Waals surface area contributed by atoms with E-state index in [0.717, 1.165) is 17.8 Å². The van der Waals surface area contributed by atoms with E-state index < -0.39 is 15.8 Å². The maximum Gasteiger partial charge on any atom is 0.243 e. The number of piperidine rings is 1. The number of pyridine rings is 1. The maximum atomic E-state index is 13.1. The van der Waals surface area contributed by atoms with Gasteiger partial charge in [-0.05, 0) is 49.2 Å². The Hall–Kier alpha value is -2.36. The normalized spacial score (nSPS) is 15.8. The van der Waals surface area contributed by atoms with Crippen LogP contribution in [0.2, 0.25) is 0 Å². The summed E-state index contributed by atoms with van der Waals surface area (Å²) in [6.45, 7) is 1.74. The molecule has 1 aromatic heterocycles. The first-order valence-electron chi connectivity index (χ1n) is 9.85. The highest BCUT2D eigenvalue weighted by Crippen LogP contribution is 2.25. The topological polar surface area (TPSA) is 79.8 Å². The first-order chi connectivity index (χ1) is 14.4. The van der Waals surface area contributed by atoms with Crippen LogP contribution in [0.5, 0.6) is 0 Å². The minimum atomic E-state index is -3.70. The van der Waals surface area contributed by atoms with Gasteiger partial charge in [-0.1, -0.05) is 6.07 Å². The highest BCUT2D eigenvalue weighted by atomic mass is 32.2. The van der Waals surface area contributed by atoms with E-state index in [1.165, 1.54) is 16.4 Å². The number of aromatic nitrogens is 1. The molecule has 2 heterocycles. The summed E-state index contributed by atoms with van der Waals surface area (Å²) in [6, 6.07) is 10.4. The van der Waals surface area contributed by atoms with Crippen molar-refractivity contribution in [3.63, 3.8) is 0 Å². The Morgan fingerprint density at radius 2 is 1.90 bits per heavy atom. The third-order valence-corrected chi connectivity index (χ3v) is 7.12. The number of nitrogens with zero attached hydrogens (tertiary/aromatic N) is 3. The molecule has 0 spiro atoms. The fourth-order valence-electron chi connectivity index (χ4n) is 3.51. The summed E-state index contributed by atoms with van der Waals surface area (Å²) in [5, 5.41) is 0. The number of carbonyl (C=O) groups is 1. The standard InChI is InChI=1S/C21H26FN3O4S/c1-29-15-14-24(16-19-4-2-3-11-23-19)21(26)17-9-12-25(13-10-17)30(27,28)20-7-5-18(22)6-8-20/h2-8,11,17H,9-10,12-16H2,1H3. The molecule has 0 unspecified atom stereocenters. The molecule has 7 nitrogen and oxygen atoms in total. The number of carbonyl (C=O) groups excluding carboxylic acids is 1. The van der Waals surface area contributed by atoms with Gasteiger partial charge in [-0.25, -0.2) is 12.8 Å². The van der Waals surface area contributed by atoms with Crippen LogP contribution in [0.4, 0.5) is 4.39 Å². The van der Waals surface area contributed by atoms with E-state index in [1.807, 2.05) is 18.2 Å². The molecule has 0 N–H and O–H groups in total. The van der Waals surface area contributed by atoms with Crippen LogP contribution in [-0.2, 0) is 26.1 Å². The lowest BCUT2D eigenvalue weighted by Gasteiger charge is -2.33. The molecule has 1 saturated heterocycles. The van der Waals surface area contributed by atoms with Gasteiger partial charge in [0.05, 0.1) is 23.7 Å². The number of benzene rings is 1. The zero-order chi connectivity index (χ0) is 21.6. The second kappa shape index (κ2) is 10.1. The fourth-order valence-corrected chi connectivity index (χ4v) is 4.98. The quantitative estimate of drug-likeness (QED) is 0.636. The lowest BCUT2D eigenvalue weighted by molar-refractivity contribution is -0.138. The summed E-state index contributed by atoms with van der Waals surface area (Å²) >= 11 is 0. The number of ether oxygens (including phenoxy) is 1. The van der Waals surface area contributed by atoms with Crippen LogP contribution < -0.4 is 0 Å². The number of hydrogen-bond acceptors (Lipinski definition) is 5. The summed E-state index contributed by atoms with van der Waals surface area (Å²) in [5.41, 5.74) is 0.790. The van der Waals surface area contributed by atoms with Crippen molar-refractivity contribution in [1.82, 2.24) is 14.2 Å². The van der Waals surface area contributed by atoms with Gasteiger partial charge in [0.2, 0.25) is 15.9 Å². The van der Waals surface area contributed by atoms with Gasteiger partial charge in [0.1, 0.15) is 5.82 Å². The average Bonchev–Trinajstić information content (AvgIpc) is 2.77. The number of sulfonamides is 1. The molecule has 1 aromatic carbocycles. The highest BCUT2D eigenvalue weighted by molar-refractivity contribution is 7.89. The first kappa shape index (κ1) is 22.3. The largest absolute Gasteiger partial charge is 0.383 e. The van der Waals surface area contributed by atoms with Crippen LogP contribution in [0, 0.1) is 11.7 Å². The number of amides is 1. The minimum absolute atomic E-state index is 0.0171. The Balaban J connectivity index is 1.64. The minimum Gasteiger partial charge on any atom is -0.383 e. The Bertz CT molecular complexity index is 930. The zero-order valence-corrected chi connectivity index (χ0v) is 17.7. The maximum absolute atomic E-state index is 13.1. The van der Waals surface area contributed by atoms with Gasteiger partial charge in [-0.2, -0.15) is 4.31 Å². The lowest BCUT2D eigenvalue weighted by Crippen LogP contribution is -2.45. The van der Waals surface area contributed by atoms with Crippen molar-refractivity contribution in [2.24, 2.45) is 5.92 Å². The molecule has 1 amide bonds. The predicted octanol–water partition coefficient (Wildman–Crippen LogP) is 2.30. The Morgan fingerprint density at radius 3 is 2.50 bits per heavy atom. The second-order valence-corrected chi connectivity index (χ2v) is 9.14. The Morgan fingerprint density at radius 1 is 1.20 bits per heavy atom. The molecule has 0 bridgehead atoms. The van der Waals surface area contributed by atoms with Crippen molar-refractivity contribution < 1.29 is 22.3 Å². The summed E-state index contributed by atoms with van der Waals surface area (Å²) in [4.78, 5) is 19.2. The second-order valence-electron chi connectivity index (χ2n) is 7.21. The van der Waals surface area contributed by atoms with Gasteiger partial charge in [-0.15, -0.1) is 0 Å². The first-order valence-corrected chi connectivity index (χ1v) is 11.3. The molecule has 0 aliphatic carbocycles. The molecule has 2 aromatic rings. The van der Waals surface area contributed by atoms with Crippen LogP contribution in [0.3, 0.4) is 0 Å². The van der Waals surface area contributed by atoms with Gasteiger partial charge >= 0.3 is 0 Å². The molecule has 0 atom stereocenters. The number of methoxy groups -OCH3 is 1. The van der Waals surface area contributed by atoms with Crippen molar-refractivity contribution in [3.05, 3.63) is 60.2 Å². The molecule has 9 heteroatoms. The third kappa shape index (κ3) is 5.41. The lowest BCUT2D eigenvalue weighted by atomic mass is 9.96. The van der Waals surface area contributed by atoms with E-state index in [0.29, 0.717) is 32.5 Å². The molecule has 162 valence electrons.